The molecule has 0 unspecified atom stereocenters. The molecule has 0 spiro atoms. The number of nitrogens with two attached hydrogens (primary N) is 1. The Labute approximate surface area is 152 Å². The number of benzene rings is 1. The molecule has 1 aliphatic rings. The second-order valence-corrected chi connectivity index (χ2v) is 6.16. The number of anilines is 1. The Hall–Kier alpha value is -3.15. The van der Waals surface area contributed by atoms with E-state index in [0.29, 0.717) is 22.6 Å². The third-order valence-electron chi connectivity index (χ3n) is 4.49. The summed E-state index contributed by atoms with van der Waals surface area (Å²) >= 11 is 0. The molecule has 0 saturated carbocycles. The number of fused-ring (bicyclic) bond motifs is 1. The normalized spacial score (nSPS) is 22.4. The van der Waals surface area contributed by atoms with Crippen LogP contribution in [0.25, 0.3) is 22.6 Å². The molecule has 3 aromatic rings. The van der Waals surface area contributed by atoms with E-state index < -0.39 is 23.4 Å². The van der Waals surface area contributed by atoms with E-state index in [9.17, 15) is 20.3 Å². The third-order valence-corrected chi connectivity index (χ3v) is 4.49. The summed E-state index contributed by atoms with van der Waals surface area (Å²) in [6.45, 7) is -0.340. The summed E-state index contributed by atoms with van der Waals surface area (Å²) in [5, 5.41) is 30.6. The Balaban J connectivity index is 1.92. The summed E-state index contributed by atoms with van der Waals surface area (Å²) in [6.07, 6.45) is -0.810. The van der Waals surface area contributed by atoms with E-state index in [1.54, 1.807) is 16.7 Å². The first-order valence-electron chi connectivity index (χ1n) is 8.17. The average molecular weight is 372 g/mol. The van der Waals surface area contributed by atoms with Crippen LogP contribution in [0.15, 0.2) is 30.6 Å². The maximum absolute atomic E-state index is 11.1. The topological polar surface area (TPSA) is 162 Å². The van der Waals surface area contributed by atoms with Gasteiger partial charge in [0.25, 0.3) is 5.69 Å². The van der Waals surface area contributed by atoms with Crippen molar-refractivity contribution in [1.82, 2.24) is 19.5 Å². The number of nitro groups is 1. The first kappa shape index (κ1) is 17.3. The van der Waals surface area contributed by atoms with E-state index in [1.807, 2.05) is 0 Å². The SMILES string of the molecule is Nc1ncnc2c1nc(-c1cccc([N+](=O)[O-])c1)n2[C@H]1C[C@H](O)[C@@H](CO)O1. The van der Waals surface area contributed by atoms with Crippen molar-refractivity contribution < 1.29 is 19.9 Å². The zero-order chi connectivity index (χ0) is 19.1. The van der Waals surface area contributed by atoms with Gasteiger partial charge in [-0.05, 0) is 0 Å². The van der Waals surface area contributed by atoms with Gasteiger partial charge in [0.05, 0.1) is 17.6 Å². The van der Waals surface area contributed by atoms with Crippen molar-refractivity contribution in [1.29, 1.82) is 0 Å². The Bertz CT molecular complexity index is 1020. The van der Waals surface area contributed by atoms with Gasteiger partial charge in [0, 0.05) is 24.1 Å². The lowest BCUT2D eigenvalue weighted by atomic mass is 10.1. The minimum atomic E-state index is -0.866. The highest BCUT2D eigenvalue weighted by atomic mass is 16.6. The predicted molar refractivity (Wildman–Crippen MR) is 93.4 cm³/mol. The molecule has 1 aromatic carbocycles. The molecule has 27 heavy (non-hydrogen) atoms. The summed E-state index contributed by atoms with van der Waals surface area (Å²) in [7, 11) is 0. The van der Waals surface area contributed by atoms with Gasteiger partial charge in [-0.15, -0.1) is 0 Å². The summed E-state index contributed by atoms with van der Waals surface area (Å²) in [6, 6.07) is 5.98. The van der Waals surface area contributed by atoms with Gasteiger partial charge >= 0.3 is 0 Å². The summed E-state index contributed by atoms with van der Waals surface area (Å²) < 4.78 is 7.36. The molecule has 3 heterocycles. The fourth-order valence-electron chi connectivity index (χ4n) is 3.20. The standard InChI is InChI=1S/C16H16N6O5/c17-14-13-16(19-7-18-14)21(12-5-10(24)11(6-23)27-12)15(20-13)8-2-1-3-9(4-8)22(25)26/h1-4,7,10-12,23-24H,5-6H2,(H2,17,18,19)/t10-,11+,12+/m0/s1. The second kappa shape index (κ2) is 6.54. The van der Waals surface area contributed by atoms with E-state index in [2.05, 4.69) is 15.0 Å². The molecule has 140 valence electrons. The molecular weight excluding hydrogens is 356 g/mol. The number of aliphatic hydroxyl groups is 2. The monoisotopic (exact) mass is 372 g/mol. The molecule has 4 rings (SSSR count). The van der Waals surface area contributed by atoms with Crippen molar-refractivity contribution in [2.45, 2.75) is 24.9 Å². The van der Waals surface area contributed by atoms with Crippen LogP contribution in [0.1, 0.15) is 12.6 Å². The molecule has 0 bridgehead atoms. The third kappa shape index (κ3) is 2.87. The van der Waals surface area contributed by atoms with Crippen LogP contribution in [0.4, 0.5) is 11.5 Å². The van der Waals surface area contributed by atoms with E-state index in [0.717, 1.165) is 0 Å². The van der Waals surface area contributed by atoms with Gasteiger partial charge in [0.2, 0.25) is 0 Å². The summed E-state index contributed by atoms with van der Waals surface area (Å²) in [5.74, 6) is 0.499. The molecule has 1 saturated heterocycles. The number of aliphatic hydroxyl groups excluding tert-OH is 2. The number of imidazole rings is 1. The van der Waals surface area contributed by atoms with Gasteiger partial charge in [0.1, 0.15) is 24.5 Å². The summed E-state index contributed by atoms with van der Waals surface area (Å²) in [5.41, 5.74) is 6.98. The lowest BCUT2D eigenvalue weighted by Crippen LogP contribution is -2.24. The minimum Gasteiger partial charge on any atom is -0.394 e. The van der Waals surface area contributed by atoms with Crippen LogP contribution < -0.4 is 5.73 Å². The smallest absolute Gasteiger partial charge is 0.270 e. The molecule has 1 aliphatic heterocycles. The van der Waals surface area contributed by atoms with Crippen LogP contribution >= 0.6 is 0 Å². The fourth-order valence-corrected chi connectivity index (χ4v) is 3.20. The molecule has 11 nitrogen and oxygen atoms in total. The van der Waals surface area contributed by atoms with Crippen molar-refractivity contribution in [2.75, 3.05) is 12.3 Å². The Morgan fingerprint density at radius 1 is 1.41 bits per heavy atom. The first-order valence-corrected chi connectivity index (χ1v) is 8.17. The van der Waals surface area contributed by atoms with Crippen LogP contribution in [0.5, 0.6) is 0 Å². The van der Waals surface area contributed by atoms with Crippen LogP contribution in [-0.2, 0) is 4.74 Å². The highest BCUT2D eigenvalue weighted by Gasteiger charge is 2.37. The largest absolute Gasteiger partial charge is 0.394 e. The fraction of sp³-hybridized carbons (Fsp3) is 0.312. The van der Waals surface area contributed by atoms with E-state index in [1.165, 1.54) is 18.5 Å². The lowest BCUT2D eigenvalue weighted by molar-refractivity contribution is -0.384. The Morgan fingerprint density at radius 2 is 2.22 bits per heavy atom. The van der Waals surface area contributed by atoms with Crippen LogP contribution in [0.2, 0.25) is 0 Å². The minimum absolute atomic E-state index is 0.0919. The average Bonchev–Trinajstić information content (AvgIpc) is 3.22. The van der Waals surface area contributed by atoms with Crippen molar-refractivity contribution in [3.8, 4) is 11.4 Å². The van der Waals surface area contributed by atoms with Crippen molar-refractivity contribution in [3.63, 3.8) is 0 Å². The first-order chi connectivity index (χ1) is 13.0. The number of nitro benzene ring substituents is 1. The van der Waals surface area contributed by atoms with Crippen molar-refractivity contribution >= 4 is 22.7 Å². The second-order valence-electron chi connectivity index (χ2n) is 6.16. The van der Waals surface area contributed by atoms with Gasteiger partial charge in [-0.25, -0.2) is 15.0 Å². The zero-order valence-corrected chi connectivity index (χ0v) is 14.0. The van der Waals surface area contributed by atoms with Crippen LogP contribution in [0.3, 0.4) is 0 Å². The van der Waals surface area contributed by atoms with E-state index in [4.69, 9.17) is 10.5 Å². The van der Waals surface area contributed by atoms with Crippen LogP contribution in [-0.4, -0.2) is 53.5 Å². The van der Waals surface area contributed by atoms with Gasteiger partial charge < -0.3 is 20.7 Å². The molecule has 0 aliphatic carbocycles. The molecule has 0 amide bonds. The highest BCUT2D eigenvalue weighted by Crippen LogP contribution is 2.36. The maximum Gasteiger partial charge on any atom is 0.270 e. The molecular formula is C16H16N6O5. The van der Waals surface area contributed by atoms with Gasteiger partial charge in [0.15, 0.2) is 17.0 Å². The van der Waals surface area contributed by atoms with Gasteiger partial charge in [-0.3, -0.25) is 14.7 Å². The number of rotatable bonds is 4. The van der Waals surface area contributed by atoms with Gasteiger partial charge in [-0.1, -0.05) is 12.1 Å². The molecule has 0 radical (unpaired) electrons. The quantitative estimate of drug-likeness (QED) is 0.440. The number of hydrogen-bond acceptors (Lipinski definition) is 9. The predicted octanol–water partition coefficient (Wildman–Crippen LogP) is 0.624. The van der Waals surface area contributed by atoms with Crippen molar-refractivity contribution in [2.24, 2.45) is 0 Å². The Kier molecular flexibility index (Phi) is 4.18. The van der Waals surface area contributed by atoms with Crippen LogP contribution in [0, 0.1) is 10.1 Å². The van der Waals surface area contributed by atoms with E-state index in [-0.39, 0.29) is 24.5 Å². The number of non-ortho nitro benzene ring substituents is 1. The number of nitrogen functional groups attached to an aromatic ring is 1. The molecule has 4 N–H and O–H groups in total. The highest BCUT2D eigenvalue weighted by molar-refractivity contribution is 5.85. The maximum atomic E-state index is 11.1. The number of aromatic nitrogens is 4. The Morgan fingerprint density at radius 3 is 2.93 bits per heavy atom. The zero-order valence-electron chi connectivity index (χ0n) is 14.0. The number of nitrogens with zero attached hydrogens (tertiary/aromatic N) is 5. The molecule has 2 aromatic heterocycles. The molecule has 1 fully saturated rings. The number of hydrogen-bond donors (Lipinski definition) is 3. The molecule has 11 heteroatoms. The van der Waals surface area contributed by atoms with Gasteiger partial charge in [-0.2, -0.15) is 0 Å². The lowest BCUT2D eigenvalue weighted by Gasteiger charge is -2.16. The number of ether oxygens (including phenoxy) is 1. The van der Waals surface area contributed by atoms with Crippen molar-refractivity contribution in [3.05, 3.63) is 40.7 Å². The van der Waals surface area contributed by atoms with E-state index >= 15 is 0 Å². The molecule has 3 atom stereocenters. The summed E-state index contributed by atoms with van der Waals surface area (Å²) in [4.78, 5) is 23.2.